The van der Waals surface area contributed by atoms with Crippen molar-refractivity contribution < 1.29 is 48.3 Å². The van der Waals surface area contributed by atoms with Gasteiger partial charge in [0.2, 0.25) is 0 Å². The van der Waals surface area contributed by atoms with Gasteiger partial charge in [-0.15, -0.1) is 0 Å². The summed E-state index contributed by atoms with van der Waals surface area (Å²) in [7, 11) is 0. The SMILES string of the molecule is Fc1cccc(-c2nc3c([nH]2)C=NN(Cc2cnc(-c4ccc(C(F)(F)F)cc4C(F)(F)F)c(C(F)(F)F)c2)C3)c1F. The Bertz CT molecular complexity index is 1680. The molecule has 5 nitrogen and oxygen atoms in total. The molecule has 0 amide bonds. The molecule has 1 N–H and O–H groups in total. The number of benzene rings is 2. The lowest BCUT2D eigenvalue weighted by molar-refractivity contribution is -0.143. The van der Waals surface area contributed by atoms with Crippen molar-refractivity contribution in [1.82, 2.24) is 20.0 Å². The zero-order valence-electron chi connectivity index (χ0n) is 20.6. The van der Waals surface area contributed by atoms with Crippen LogP contribution in [0.25, 0.3) is 22.6 Å². The van der Waals surface area contributed by atoms with E-state index in [1.165, 1.54) is 23.4 Å². The van der Waals surface area contributed by atoms with Crippen molar-refractivity contribution in [2.24, 2.45) is 5.10 Å². The van der Waals surface area contributed by atoms with E-state index in [4.69, 9.17) is 0 Å². The number of rotatable bonds is 4. The molecule has 2 aromatic carbocycles. The van der Waals surface area contributed by atoms with Crippen LogP contribution in [0.15, 0.2) is 53.8 Å². The molecule has 0 spiro atoms. The maximum atomic E-state index is 14.2. The molecular weight excluding hydrogens is 591 g/mol. The number of fused-ring (bicyclic) bond motifs is 1. The number of hydrazone groups is 1. The first-order valence-corrected chi connectivity index (χ1v) is 11.7. The largest absolute Gasteiger partial charge is 0.418 e. The van der Waals surface area contributed by atoms with Crippen molar-refractivity contribution in [3.63, 3.8) is 0 Å². The molecular formula is C26H14F11N5. The number of halogens is 11. The van der Waals surface area contributed by atoms with Crippen molar-refractivity contribution in [1.29, 1.82) is 0 Å². The normalized spacial score (nSPS) is 13.9. The van der Waals surface area contributed by atoms with Gasteiger partial charge in [-0.3, -0.25) is 9.99 Å². The molecule has 0 unspecified atom stereocenters. The molecule has 16 heteroatoms. The van der Waals surface area contributed by atoms with Crippen molar-refractivity contribution in [2.75, 3.05) is 0 Å². The Labute approximate surface area is 228 Å². The third kappa shape index (κ3) is 5.65. The van der Waals surface area contributed by atoms with E-state index < -0.39 is 58.1 Å². The summed E-state index contributed by atoms with van der Waals surface area (Å²) in [6.07, 6.45) is -13.7. The maximum absolute atomic E-state index is 14.2. The van der Waals surface area contributed by atoms with E-state index in [0.717, 1.165) is 12.3 Å². The minimum atomic E-state index is -5.42. The fourth-order valence-electron chi connectivity index (χ4n) is 4.31. The van der Waals surface area contributed by atoms with Crippen LogP contribution in [-0.2, 0) is 31.6 Å². The van der Waals surface area contributed by atoms with Gasteiger partial charge in [0.1, 0.15) is 5.82 Å². The molecule has 1 aliphatic rings. The van der Waals surface area contributed by atoms with E-state index in [9.17, 15) is 48.3 Å². The van der Waals surface area contributed by atoms with E-state index in [2.05, 4.69) is 20.1 Å². The summed E-state index contributed by atoms with van der Waals surface area (Å²) in [5.74, 6) is -2.27. The average molecular weight is 605 g/mol. The topological polar surface area (TPSA) is 57.2 Å². The van der Waals surface area contributed by atoms with Crippen LogP contribution in [0.1, 0.15) is 33.6 Å². The van der Waals surface area contributed by atoms with Crippen LogP contribution in [0, 0.1) is 11.6 Å². The number of nitrogens with one attached hydrogen (secondary N) is 1. The lowest BCUT2D eigenvalue weighted by Crippen LogP contribution is -2.22. The van der Waals surface area contributed by atoms with Gasteiger partial charge in [0.15, 0.2) is 11.6 Å². The van der Waals surface area contributed by atoms with Crippen molar-refractivity contribution >= 4 is 6.21 Å². The Morgan fingerprint density at radius 1 is 0.810 bits per heavy atom. The Morgan fingerprint density at radius 2 is 1.52 bits per heavy atom. The molecule has 0 saturated heterocycles. The highest BCUT2D eigenvalue weighted by atomic mass is 19.4. The summed E-state index contributed by atoms with van der Waals surface area (Å²) < 4.78 is 150. The number of hydrogen-bond donors (Lipinski definition) is 1. The first-order valence-electron chi connectivity index (χ1n) is 11.7. The Kier molecular flexibility index (Phi) is 6.97. The number of H-pyrrole nitrogens is 1. The van der Waals surface area contributed by atoms with Crippen molar-refractivity contribution in [3.8, 4) is 22.6 Å². The van der Waals surface area contributed by atoms with Crippen molar-refractivity contribution in [2.45, 2.75) is 31.6 Å². The Morgan fingerprint density at radius 3 is 2.19 bits per heavy atom. The number of aromatic amines is 1. The van der Waals surface area contributed by atoms with Crippen LogP contribution >= 0.6 is 0 Å². The summed E-state index contributed by atoms with van der Waals surface area (Å²) in [4.78, 5) is 10.5. The van der Waals surface area contributed by atoms with Crippen LogP contribution in [-0.4, -0.2) is 26.2 Å². The van der Waals surface area contributed by atoms with Crippen LogP contribution in [0.3, 0.4) is 0 Å². The van der Waals surface area contributed by atoms with Crippen LogP contribution in [0.5, 0.6) is 0 Å². The van der Waals surface area contributed by atoms with Gasteiger partial charge >= 0.3 is 18.5 Å². The minimum absolute atomic E-state index is 0.0207. The molecule has 0 fully saturated rings. The Balaban J connectivity index is 1.46. The number of imidazole rings is 1. The highest BCUT2D eigenvalue weighted by Gasteiger charge is 2.41. The molecule has 0 radical (unpaired) electrons. The number of hydrogen-bond acceptors (Lipinski definition) is 4. The molecule has 0 saturated carbocycles. The molecule has 5 rings (SSSR count). The number of pyridine rings is 1. The second-order valence-corrected chi connectivity index (χ2v) is 9.11. The summed E-state index contributed by atoms with van der Waals surface area (Å²) in [6, 6.07) is 4.28. The smallest absolute Gasteiger partial charge is 0.337 e. The summed E-state index contributed by atoms with van der Waals surface area (Å²) in [6.45, 7) is -0.429. The number of nitrogens with zero attached hydrogens (tertiary/aromatic N) is 4. The third-order valence-electron chi connectivity index (χ3n) is 6.22. The van der Waals surface area contributed by atoms with Gasteiger partial charge < -0.3 is 4.98 Å². The van der Waals surface area contributed by atoms with E-state index >= 15 is 0 Å². The van der Waals surface area contributed by atoms with E-state index in [0.29, 0.717) is 23.5 Å². The average Bonchev–Trinajstić information content (AvgIpc) is 3.31. The molecule has 3 heterocycles. The van der Waals surface area contributed by atoms with E-state index in [1.807, 2.05) is 0 Å². The summed E-state index contributed by atoms with van der Waals surface area (Å²) >= 11 is 0. The standard InChI is InChI=1S/C26H14F11N5/c27-18-3-1-2-15(21(18)28)23-40-19-9-39-42(11-20(19)41-23)10-12-6-17(26(35,36)37)22(38-8-12)14-5-4-13(24(29,30)31)7-16(14)25(32,33)34/h1-9H,10-11H2,(H,40,41). The Hall–Kier alpha value is -4.50. The quantitative estimate of drug-likeness (QED) is 0.242. The van der Waals surface area contributed by atoms with E-state index in [1.54, 1.807) is 0 Å². The van der Waals surface area contributed by atoms with Crippen LogP contribution in [0.2, 0.25) is 0 Å². The van der Waals surface area contributed by atoms with Gasteiger partial charge in [-0.1, -0.05) is 12.1 Å². The van der Waals surface area contributed by atoms with Crippen molar-refractivity contribution in [3.05, 3.63) is 93.9 Å². The van der Waals surface area contributed by atoms with Gasteiger partial charge in [0, 0.05) is 11.8 Å². The highest BCUT2D eigenvalue weighted by molar-refractivity contribution is 5.81. The van der Waals surface area contributed by atoms with Gasteiger partial charge in [-0.2, -0.15) is 44.6 Å². The highest BCUT2D eigenvalue weighted by Crippen LogP contribution is 2.44. The van der Waals surface area contributed by atoms with Crippen LogP contribution < -0.4 is 0 Å². The summed E-state index contributed by atoms with van der Waals surface area (Å²) in [5, 5.41) is 5.31. The predicted octanol–water partition coefficient (Wildman–Crippen LogP) is 7.82. The van der Waals surface area contributed by atoms with E-state index in [-0.39, 0.29) is 42.2 Å². The molecule has 220 valence electrons. The molecule has 1 aliphatic heterocycles. The first-order chi connectivity index (χ1) is 19.5. The fourth-order valence-corrected chi connectivity index (χ4v) is 4.31. The lowest BCUT2D eigenvalue weighted by atomic mass is 9.96. The zero-order chi connectivity index (χ0) is 30.6. The number of alkyl halides is 9. The number of aromatic nitrogens is 3. The molecule has 0 atom stereocenters. The molecule has 0 bridgehead atoms. The van der Waals surface area contributed by atoms with Gasteiger partial charge in [0.05, 0.1) is 58.6 Å². The van der Waals surface area contributed by atoms with Crippen LogP contribution in [0.4, 0.5) is 48.3 Å². The molecule has 42 heavy (non-hydrogen) atoms. The zero-order valence-corrected chi connectivity index (χ0v) is 20.6. The molecule has 2 aromatic heterocycles. The second-order valence-electron chi connectivity index (χ2n) is 9.11. The molecule has 4 aromatic rings. The monoisotopic (exact) mass is 605 g/mol. The van der Waals surface area contributed by atoms with Gasteiger partial charge in [0.25, 0.3) is 0 Å². The second kappa shape index (κ2) is 10.1. The minimum Gasteiger partial charge on any atom is -0.337 e. The molecule has 0 aliphatic carbocycles. The van der Waals surface area contributed by atoms with Gasteiger partial charge in [-0.05, 0) is 35.9 Å². The fraction of sp³-hybridized carbons (Fsp3) is 0.192. The third-order valence-corrected chi connectivity index (χ3v) is 6.22. The van der Waals surface area contributed by atoms with Gasteiger partial charge in [-0.25, -0.2) is 13.8 Å². The maximum Gasteiger partial charge on any atom is 0.418 e. The lowest BCUT2D eigenvalue weighted by Gasteiger charge is -2.23. The predicted molar refractivity (Wildman–Crippen MR) is 125 cm³/mol. The first kappa shape index (κ1) is 29.0. The summed E-state index contributed by atoms with van der Waals surface area (Å²) in [5.41, 5.74) is -7.28.